The molecule has 0 spiro atoms. The van der Waals surface area contributed by atoms with Crippen LogP contribution in [0, 0.1) is 5.92 Å². The van der Waals surface area contributed by atoms with Crippen LogP contribution < -0.4 is 5.32 Å². The molecule has 0 bridgehead atoms. The number of carbonyl (C=O) groups excluding carboxylic acids is 1. The van der Waals surface area contributed by atoms with E-state index >= 15 is 0 Å². The van der Waals surface area contributed by atoms with Gasteiger partial charge >= 0.3 is 5.97 Å². The number of pyridine rings is 1. The first-order valence-corrected chi connectivity index (χ1v) is 6.92. The Hall–Kier alpha value is -2.43. The van der Waals surface area contributed by atoms with Gasteiger partial charge in [-0.25, -0.2) is 4.79 Å². The van der Waals surface area contributed by atoms with Gasteiger partial charge in [0.25, 0.3) is 5.91 Å². The molecule has 1 amide bonds. The third-order valence-corrected chi connectivity index (χ3v) is 3.65. The average molecular weight is 286 g/mol. The van der Waals surface area contributed by atoms with Gasteiger partial charge in [0.05, 0.1) is 0 Å². The largest absolute Gasteiger partial charge is 0.480 e. The van der Waals surface area contributed by atoms with E-state index in [1.165, 1.54) is 0 Å². The molecule has 0 aliphatic rings. The number of benzene rings is 1. The van der Waals surface area contributed by atoms with Crippen molar-refractivity contribution in [2.45, 2.75) is 26.3 Å². The minimum atomic E-state index is -1.03. The van der Waals surface area contributed by atoms with Crippen molar-refractivity contribution >= 4 is 22.6 Å². The second-order valence-electron chi connectivity index (χ2n) is 5.06. The van der Waals surface area contributed by atoms with Crippen LogP contribution in [0.5, 0.6) is 0 Å². The lowest BCUT2D eigenvalue weighted by molar-refractivity contribution is -0.140. The lowest BCUT2D eigenvalue weighted by Gasteiger charge is -2.20. The third-order valence-electron chi connectivity index (χ3n) is 3.65. The number of aromatic nitrogens is 1. The van der Waals surface area contributed by atoms with Crippen molar-refractivity contribution in [2.24, 2.45) is 5.92 Å². The fraction of sp³-hybridized carbons (Fsp3) is 0.312. The summed E-state index contributed by atoms with van der Waals surface area (Å²) in [7, 11) is 0. The summed E-state index contributed by atoms with van der Waals surface area (Å²) >= 11 is 0. The second kappa shape index (κ2) is 6.35. The molecule has 0 saturated heterocycles. The molecule has 2 atom stereocenters. The number of aliphatic carboxylic acids is 1. The molecule has 0 saturated carbocycles. The maximum absolute atomic E-state index is 12.4. The van der Waals surface area contributed by atoms with Crippen LogP contribution >= 0.6 is 0 Å². The highest BCUT2D eigenvalue weighted by Gasteiger charge is 2.26. The molecular formula is C16H18N2O3. The second-order valence-corrected chi connectivity index (χ2v) is 5.06. The van der Waals surface area contributed by atoms with Gasteiger partial charge < -0.3 is 10.4 Å². The standard InChI is InChI=1S/C16H18N2O3/c1-3-10(2)13(16(20)21)18-15(19)14-12-7-5-4-6-11(12)8-9-17-14/h4-10,13H,3H2,1-2H3,(H,18,19)(H,20,21)/t10?,13-/m0/s1. The van der Waals surface area contributed by atoms with Gasteiger partial charge in [-0.3, -0.25) is 9.78 Å². The number of hydrogen-bond donors (Lipinski definition) is 2. The number of carboxylic acid groups (broad SMARTS) is 1. The molecule has 21 heavy (non-hydrogen) atoms. The summed E-state index contributed by atoms with van der Waals surface area (Å²) in [6, 6.07) is 8.29. The molecule has 2 N–H and O–H groups in total. The summed E-state index contributed by atoms with van der Waals surface area (Å²) in [5, 5.41) is 13.4. The monoisotopic (exact) mass is 286 g/mol. The Kier molecular flexibility index (Phi) is 4.52. The number of carboxylic acids is 1. The van der Waals surface area contributed by atoms with Crippen LogP contribution in [0.4, 0.5) is 0 Å². The lowest BCUT2D eigenvalue weighted by Crippen LogP contribution is -2.45. The van der Waals surface area contributed by atoms with Crippen LogP contribution in [0.3, 0.4) is 0 Å². The zero-order valence-corrected chi connectivity index (χ0v) is 12.0. The quantitative estimate of drug-likeness (QED) is 0.885. The van der Waals surface area contributed by atoms with Gasteiger partial charge in [0.15, 0.2) is 0 Å². The van der Waals surface area contributed by atoms with E-state index in [0.29, 0.717) is 11.8 Å². The maximum atomic E-state index is 12.4. The molecule has 2 rings (SSSR count). The average Bonchev–Trinajstić information content (AvgIpc) is 2.50. The van der Waals surface area contributed by atoms with Crippen molar-refractivity contribution in [2.75, 3.05) is 0 Å². The number of amides is 1. The van der Waals surface area contributed by atoms with E-state index < -0.39 is 17.9 Å². The molecule has 1 aromatic carbocycles. The van der Waals surface area contributed by atoms with E-state index in [0.717, 1.165) is 5.39 Å². The first kappa shape index (κ1) is 15.0. The van der Waals surface area contributed by atoms with Gasteiger partial charge in [-0.05, 0) is 17.4 Å². The molecule has 5 nitrogen and oxygen atoms in total. The molecular weight excluding hydrogens is 268 g/mol. The Labute approximate surface area is 123 Å². The van der Waals surface area contributed by atoms with Gasteiger partial charge in [0, 0.05) is 11.6 Å². The number of rotatable bonds is 5. The van der Waals surface area contributed by atoms with E-state index in [1.54, 1.807) is 19.2 Å². The summed E-state index contributed by atoms with van der Waals surface area (Å²) in [4.78, 5) is 27.8. The third kappa shape index (κ3) is 3.18. The molecule has 0 aliphatic carbocycles. The van der Waals surface area contributed by atoms with Crippen molar-refractivity contribution in [1.29, 1.82) is 0 Å². The predicted octanol–water partition coefficient (Wildman–Crippen LogP) is 2.46. The molecule has 0 radical (unpaired) electrons. The highest BCUT2D eigenvalue weighted by molar-refractivity contribution is 6.06. The number of hydrogen-bond acceptors (Lipinski definition) is 3. The normalized spacial score (nSPS) is 13.6. The molecule has 1 heterocycles. The Morgan fingerprint density at radius 1 is 1.29 bits per heavy atom. The number of nitrogens with zero attached hydrogens (tertiary/aromatic N) is 1. The van der Waals surface area contributed by atoms with Crippen LogP contribution in [0.1, 0.15) is 30.8 Å². The molecule has 110 valence electrons. The number of carbonyl (C=O) groups is 2. The van der Waals surface area contributed by atoms with E-state index in [9.17, 15) is 14.7 Å². The zero-order chi connectivity index (χ0) is 15.4. The first-order valence-electron chi connectivity index (χ1n) is 6.92. The van der Waals surface area contributed by atoms with E-state index in [2.05, 4.69) is 10.3 Å². The van der Waals surface area contributed by atoms with E-state index in [1.807, 2.05) is 31.2 Å². The summed E-state index contributed by atoms with van der Waals surface area (Å²) in [5.41, 5.74) is 0.252. The number of nitrogens with one attached hydrogen (secondary N) is 1. The smallest absolute Gasteiger partial charge is 0.326 e. The van der Waals surface area contributed by atoms with Crippen molar-refractivity contribution < 1.29 is 14.7 Å². The summed E-state index contributed by atoms with van der Waals surface area (Å²) in [6.07, 6.45) is 2.22. The lowest BCUT2D eigenvalue weighted by atomic mass is 9.99. The Morgan fingerprint density at radius 2 is 2.00 bits per heavy atom. The van der Waals surface area contributed by atoms with Gasteiger partial charge in [-0.2, -0.15) is 0 Å². The highest BCUT2D eigenvalue weighted by Crippen LogP contribution is 2.17. The van der Waals surface area contributed by atoms with Crippen LogP contribution in [-0.4, -0.2) is 28.0 Å². The molecule has 2 aromatic rings. The van der Waals surface area contributed by atoms with Crippen molar-refractivity contribution in [1.82, 2.24) is 10.3 Å². The molecule has 0 fully saturated rings. The predicted molar refractivity (Wildman–Crippen MR) is 80.1 cm³/mol. The first-order chi connectivity index (χ1) is 10.0. The number of fused-ring (bicyclic) bond motifs is 1. The van der Waals surface area contributed by atoms with Crippen LogP contribution in [-0.2, 0) is 4.79 Å². The Bertz CT molecular complexity index is 664. The van der Waals surface area contributed by atoms with Crippen molar-refractivity contribution in [3.8, 4) is 0 Å². The fourth-order valence-corrected chi connectivity index (χ4v) is 2.19. The van der Waals surface area contributed by atoms with Gasteiger partial charge in [0.2, 0.25) is 0 Å². The van der Waals surface area contributed by atoms with E-state index in [4.69, 9.17) is 0 Å². The molecule has 1 unspecified atom stereocenters. The maximum Gasteiger partial charge on any atom is 0.326 e. The van der Waals surface area contributed by atoms with Gasteiger partial charge in [-0.1, -0.05) is 44.5 Å². The minimum Gasteiger partial charge on any atom is -0.480 e. The molecule has 0 aliphatic heterocycles. The zero-order valence-electron chi connectivity index (χ0n) is 12.0. The topological polar surface area (TPSA) is 79.3 Å². The Morgan fingerprint density at radius 3 is 2.67 bits per heavy atom. The fourth-order valence-electron chi connectivity index (χ4n) is 2.19. The molecule has 5 heteroatoms. The highest BCUT2D eigenvalue weighted by atomic mass is 16.4. The Balaban J connectivity index is 2.32. The van der Waals surface area contributed by atoms with Crippen molar-refractivity contribution in [3.05, 3.63) is 42.2 Å². The van der Waals surface area contributed by atoms with E-state index in [-0.39, 0.29) is 11.6 Å². The summed E-state index contributed by atoms with van der Waals surface area (Å²) in [6.45, 7) is 3.69. The van der Waals surface area contributed by atoms with Crippen molar-refractivity contribution in [3.63, 3.8) is 0 Å². The summed E-state index contributed by atoms with van der Waals surface area (Å²) < 4.78 is 0. The van der Waals surface area contributed by atoms with Crippen LogP contribution in [0.15, 0.2) is 36.5 Å². The minimum absolute atomic E-state index is 0.151. The van der Waals surface area contributed by atoms with Crippen LogP contribution in [0.2, 0.25) is 0 Å². The van der Waals surface area contributed by atoms with Gasteiger partial charge in [0.1, 0.15) is 11.7 Å². The summed E-state index contributed by atoms with van der Waals surface area (Å²) in [5.74, 6) is -1.64. The SMILES string of the molecule is CCC(C)[C@H](NC(=O)c1nccc2ccccc12)C(=O)O. The van der Waals surface area contributed by atoms with Crippen LogP contribution in [0.25, 0.3) is 10.8 Å². The molecule has 1 aromatic heterocycles. The van der Waals surface area contributed by atoms with Gasteiger partial charge in [-0.15, -0.1) is 0 Å².